The number of rotatable bonds is 17. The van der Waals surface area contributed by atoms with Crippen molar-refractivity contribution in [2.45, 2.75) is 71.8 Å². The van der Waals surface area contributed by atoms with Crippen LogP contribution >= 0.6 is 0 Å². The molecule has 0 N–H and O–H groups in total. The zero-order chi connectivity index (χ0) is 36.7. The number of esters is 1. The number of hydrogen-bond acceptors (Lipinski definition) is 8. The van der Waals surface area contributed by atoms with E-state index in [4.69, 9.17) is 18.9 Å². The SMILES string of the molecule is CCCCCCCCOc1ccc(C(=O)Oc2ccc(-c3ccc(C(=O)c4ccc(-c5ccc(OC(=O)OC(C)CC)nc5)cc4)cc3)cc2)cc1. The van der Waals surface area contributed by atoms with Gasteiger partial charge in [-0.2, -0.15) is 0 Å². The third-order valence-electron chi connectivity index (χ3n) is 8.68. The lowest BCUT2D eigenvalue weighted by atomic mass is 9.98. The third kappa shape index (κ3) is 10.9. The Labute approximate surface area is 305 Å². The van der Waals surface area contributed by atoms with Gasteiger partial charge in [0.05, 0.1) is 12.2 Å². The first-order valence-corrected chi connectivity index (χ1v) is 18.0. The Morgan fingerprint density at radius 3 is 1.67 bits per heavy atom. The molecule has 52 heavy (non-hydrogen) atoms. The van der Waals surface area contributed by atoms with Crippen LogP contribution in [0.3, 0.4) is 0 Å². The van der Waals surface area contributed by atoms with Gasteiger partial charge in [0, 0.05) is 29.0 Å². The molecule has 1 unspecified atom stereocenters. The van der Waals surface area contributed by atoms with Crippen LogP contribution in [0.25, 0.3) is 22.3 Å². The Morgan fingerprint density at radius 2 is 1.10 bits per heavy atom. The lowest BCUT2D eigenvalue weighted by Crippen LogP contribution is -2.17. The van der Waals surface area contributed by atoms with Gasteiger partial charge in [-0.15, -0.1) is 0 Å². The third-order valence-corrected chi connectivity index (χ3v) is 8.68. The quantitative estimate of drug-likeness (QED) is 0.0409. The second-order valence-corrected chi connectivity index (χ2v) is 12.6. The number of unbranched alkanes of at least 4 members (excludes halogenated alkanes) is 5. The van der Waals surface area contributed by atoms with Crippen molar-refractivity contribution in [3.8, 4) is 39.6 Å². The predicted octanol–water partition coefficient (Wildman–Crippen LogP) is 10.9. The van der Waals surface area contributed by atoms with Gasteiger partial charge in [-0.1, -0.05) is 107 Å². The fraction of sp³-hybridized carbons (Fsp3) is 0.273. The van der Waals surface area contributed by atoms with Gasteiger partial charge in [0.25, 0.3) is 0 Å². The highest BCUT2D eigenvalue weighted by molar-refractivity contribution is 6.09. The average Bonchev–Trinajstić information content (AvgIpc) is 3.18. The minimum absolute atomic E-state index is 0.0977. The van der Waals surface area contributed by atoms with Crippen LogP contribution in [0.1, 0.15) is 92.0 Å². The van der Waals surface area contributed by atoms with Crippen LogP contribution in [0.2, 0.25) is 0 Å². The van der Waals surface area contributed by atoms with Crippen LogP contribution in [0.4, 0.5) is 4.79 Å². The van der Waals surface area contributed by atoms with E-state index in [1.54, 1.807) is 85.9 Å². The second kappa shape index (κ2) is 19.0. The standard InChI is InChI=1S/C44H45NO7/c1-4-6-7-8-9-10-29-49-39-24-21-37(22-25-39)43(47)51-40-26-19-33(20-27-40)32-11-15-35(16-12-32)42(46)36-17-13-34(14-18-36)38-23-28-41(45-30-38)52-44(48)50-31(3)5-2/h11-28,30-31H,4-10,29H2,1-3H3. The molecule has 5 aromatic rings. The molecule has 4 aromatic carbocycles. The van der Waals surface area contributed by atoms with Crippen molar-refractivity contribution in [3.63, 3.8) is 0 Å². The summed E-state index contributed by atoms with van der Waals surface area (Å²) in [5, 5.41) is 0. The lowest BCUT2D eigenvalue weighted by Gasteiger charge is -2.10. The Hall–Kier alpha value is -5.76. The van der Waals surface area contributed by atoms with Crippen molar-refractivity contribution in [3.05, 3.63) is 132 Å². The van der Waals surface area contributed by atoms with E-state index in [0.29, 0.717) is 35.5 Å². The lowest BCUT2D eigenvalue weighted by molar-refractivity contribution is 0.0630. The molecule has 0 fully saturated rings. The number of pyridine rings is 1. The average molecular weight is 700 g/mol. The van der Waals surface area contributed by atoms with Crippen LogP contribution < -0.4 is 14.2 Å². The summed E-state index contributed by atoms with van der Waals surface area (Å²) in [6.07, 6.45) is 8.50. The zero-order valence-corrected chi connectivity index (χ0v) is 30.0. The number of ether oxygens (including phenoxy) is 4. The molecule has 0 radical (unpaired) electrons. The fourth-order valence-electron chi connectivity index (χ4n) is 5.40. The van der Waals surface area contributed by atoms with E-state index in [-0.39, 0.29) is 17.8 Å². The molecule has 0 saturated carbocycles. The van der Waals surface area contributed by atoms with Gasteiger partial charge < -0.3 is 18.9 Å². The Morgan fingerprint density at radius 1 is 0.577 bits per heavy atom. The summed E-state index contributed by atoms with van der Waals surface area (Å²) < 4.78 is 21.7. The van der Waals surface area contributed by atoms with Gasteiger partial charge in [-0.3, -0.25) is 4.79 Å². The van der Waals surface area contributed by atoms with Crippen LogP contribution in [0, 0.1) is 0 Å². The molecule has 0 aliphatic rings. The molecule has 1 aromatic heterocycles. The second-order valence-electron chi connectivity index (χ2n) is 12.6. The van der Waals surface area contributed by atoms with Crippen LogP contribution in [-0.4, -0.2) is 35.6 Å². The van der Waals surface area contributed by atoms with E-state index >= 15 is 0 Å². The van der Waals surface area contributed by atoms with Crippen LogP contribution in [0.5, 0.6) is 17.4 Å². The first-order chi connectivity index (χ1) is 25.3. The van der Waals surface area contributed by atoms with E-state index in [1.165, 1.54) is 32.1 Å². The Bertz CT molecular complexity index is 1880. The van der Waals surface area contributed by atoms with E-state index in [0.717, 1.165) is 34.4 Å². The predicted molar refractivity (Wildman–Crippen MR) is 202 cm³/mol. The molecular weight excluding hydrogens is 654 g/mol. The first-order valence-electron chi connectivity index (χ1n) is 18.0. The molecular formula is C44H45NO7. The van der Waals surface area contributed by atoms with E-state index in [2.05, 4.69) is 11.9 Å². The summed E-state index contributed by atoms with van der Waals surface area (Å²) in [5.74, 6) is 0.792. The fourth-order valence-corrected chi connectivity index (χ4v) is 5.40. The Balaban J connectivity index is 1.10. The number of hydrogen-bond donors (Lipinski definition) is 0. The summed E-state index contributed by atoms with van der Waals surface area (Å²) in [6.45, 7) is 6.59. The molecule has 0 spiro atoms. The number of carbonyl (C=O) groups excluding carboxylic acids is 3. The summed E-state index contributed by atoms with van der Waals surface area (Å²) in [6, 6.07) is 32.3. The van der Waals surface area contributed by atoms with Gasteiger partial charge in [-0.05, 0) is 78.9 Å². The highest BCUT2D eigenvalue weighted by atomic mass is 16.7. The normalized spacial score (nSPS) is 11.4. The summed E-state index contributed by atoms with van der Waals surface area (Å²) >= 11 is 0. The highest BCUT2D eigenvalue weighted by Crippen LogP contribution is 2.26. The maximum atomic E-state index is 13.2. The highest BCUT2D eigenvalue weighted by Gasteiger charge is 2.14. The molecule has 268 valence electrons. The molecule has 8 nitrogen and oxygen atoms in total. The molecule has 0 saturated heterocycles. The van der Waals surface area contributed by atoms with Crippen molar-refractivity contribution < 1.29 is 33.3 Å². The van der Waals surface area contributed by atoms with E-state index in [1.807, 2.05) is 43.3 Å². The van der Waals surface area contributed by atoms with Crippen molar-refractivity contribution in [1.29, 1.82) is 0 Å². The number of ketones is 1. The minimum Gasteiger partial charge on any atom is -0.494 e. The molecule has 1 heterocycles. The van der Waals surface area contributed by atoms with Crippen LogP contribution in [-0.2, 0) is 4.74 Å². The van der Waals surface area contributed by atoms with Gasteiger partial charge in [0.1, 0.15) is 17.6 Å². The zero-order valence-electron chi connectivity index (χ0n) is 30.0. The van der Waals surface area contributed by atoms with Crippen molar-refractivity contribution >= 4 is 17.9 Å². The molecule has 0 bridgehead atoms. The molecule has 0 aliphatic carbocycles. The number of nitrogens with zero attached hydrogens (tertiary/aromatic N) is 1. The van der Waals surface area contributed by atoms with Crippen LogP contribution in [0.15, 0.2) is 115 Å². The first kappa shape index (κ1) is 37.5. The van der Waals surface area contributed by atoms with Crippen molar-refractivity contribution in [1.82, 2.24) is 4.98 Å². The summed E-state index contributed by atoms with van der Waals surface area (Å²) in [5.41, 5.74) is 5.09. The smallest absolute Gasteiger partial charge is 0.494 e. The number of carbonyl (C=O) groups is 3. The summed E-state index contributed by atoms with van der Waals surface area (Å²) in [7, 11) is 0. The van der Waals surface area contributed by atoms with Gasteiger partial charge >= 0.3 is 12.1 Å². The molecule has 5 rings (SSSR count). The number of aromatic nitrogens is 1. The summed E-state index contributed by atoms with van der Waals surface area (Å²) in [4.78, 5) is 42.0. The van der Waals surface area contributed by atoms with Crippen molar-refractivity contribution in [2.24, 2.45) is 0 Å². The maximum absolute atomic E-state index is 13.2. The molecule has 8 heteroatoms. The number of benzene rings is 4. The molecule has 0 amide bonds. The molecule has 0 aliphatic heterocycles. The van der Waals surface area contributed by atoms with Gasteiger partial charge in [0.2, 0.25) is 5.88 Å². The van der Waals surface area contributed by atoms with E-state index in [9.17, 15) is 14.4 Å². The van der Waals surface area contributed by atoms with E-state index < -0.39 is 12.1 Å². The Kier molecular flexibility index (Phi) is 13.7. The molecule has 1 atom stereocenters. The largest absolute Gasteiger partial charge is 0.515 e. The minimum atomic E-state index is -0.788. The topological polar surface area (TPSA) is 101 Å². The maximum Gasteiger partial charge on any atom is 0.515 e. The van der Waals surface area contributed by atoms with Gasteiger partial charge in [-0.25, -0.2) is 14.6 Å². The monoisotopic (exact) mass is 699 g/mol. The van der Waals surface area contributed by atoms with Gasteiger partial charge in [0.15, 0.2) is 5.78 Å². The van der Waals surface area contributed by atoms with Crippen molar-refractivity contribution in [2.75, 3.05) is 6.61 Å².